The largest absolute Gasteiger partial charge is 0.457 e. The maximum Gasteiger partial charge on any atom is 0.256 e. The fourth-order valence-electron chi connectivity index (χ4n) is 2.81. The number of allylic oxidation sites excluding steroid dienone is 2. The zero-order valence-electron chi connectivity index (χ0n) is 13.7. The van der Waals surface area contributed by atoms with Crippen LogP contribution in [0.15, 0.2) is 77.1 Å². The number of hydrogen-bond acceptors (Lipinski definition) is 4. The van der Waals surface area contributed by atoms with E-state index in [0.29, 0.717) is 22.6 Å². The molecule has 0 fully saturated rings. The number of sulfonamides is 1. The maximum atomic E-state index is 14.0. The van der Waals surface area contributed by atoms with E-state index in [1.807, 2.05) is 30.3 Å². The van der Waals surface area contributed by atoms with Crippen LogP contribution in [-0.2, 0) is 10.0 Å². The molecule has 0 aliphatic carbocycles. The van der Waals surface area contributed by atoms with Crippen LogP contribution in [0.1, 0.15) is 5.56 Å². The number of nitrogens with zero attached hydrogens (tertiary/aromatic N) is 2. The van der Waals surface area contributed by atoms with Crippen LogP contribution in [0.2, 0.25) is 0 Å². The van der Waals surface area contributed by atoms with Gasteiger partial charge < -0.3 is 9.64 Å². The highest BCUT2D eigenvalue weighted by molar-refractivity contribution is 7.90. The lowest BCUT2D eigenvalue weighted by molar-refractivity contribution is 0.482. The molecule has 2 aromatic rings. The highest BCUT2D eigenvalue weighted by atomic mass is 32.2. The minimum atomic E-state index is -3.53. The van der Waals surface area contributed by atoms with Crippen molar-refractivity contribution in [2.75, 3.05) is 12.3 Å². The topological polar surface area (TPSA) is 59.0 Å². The molecule has 0 aromatic heterocycles. The quantitative estimate of drug-likeness (QED) is 0.826. The molecular weight excluding hydrogens is 355 g/mol. The monoisotopic (exact) mass is 370 g/mol. The Bertz CT molecular complexity index is 1030. The van der Waals surface area contributed by atoms with E-state index >= 15 is 0 Å². The van der Waals surface area contributed by atoms with E-state index < -0.39 is 15.9 Å². The summed E-state index contributed by atoms with van der Waals surface area (Å²) in [6.45, 7) is 0.182. The Morgan fingerprint density at radius 3 is 2.42 bits per heavy atom. The van der Waals surface area contributed by atoms with E-state index in [1.165, 1.54) is 17.2 Å². The lowest BCUT2D eigenvalue weighted by Crippen LogP contribution is -2.38. The van der Waals surface area contributed by atoms with Gasteiger partial charge in [0, 0.05) is 18.3 Å². The first-order valence-corrected chi connectivity index (χ1v) is 9.63. The van der Waals surface area contributed by atoms with E-state index in [0.717, 1.165) is 0 Å². The zero-order chi connectivity index (χ0) is 18.1. The molecule has 0 radical (unpaired) electrons. The Hall–Kier alpha value is -2.93. The summed E-state index contributed by atoms with van der Waals surface area (Å²) in [5, 5.41) is 0. The number of benzene rings is 2. The molecule has 4 rings (SSSR count). The van der Waals surface area contributed by atoms with Crippen molar-refractivity contribution in [1.82, 2.24) is 4.90 Å². The summed E-state index contributed by atoms with van der Waals surface area (Å²) in [6.07, 6.45) is 2.56. The van der Waals surface area contributed by atoms with Gasteiger partial charge in [-0.05, 0) is 35.9 Å². The van der Waals surface area contributed by atoms with Gasteiger partial charge in [0.05, 0.1) is 5.75 Å². The van der Waals surface area contributed by atoms with Crippen molar-refractivity contribution >= 4 is 21.4 Å². The van der Waals surface area contributed by atoms with Crippen molar-refractivity contribution in [1.29, 1.82) is 0 Å². The van der Waals surface area contributed by atoms with Gasteiger partial charge in [-0.1, -0.05) is 30.3 Å². The zero-order valence-corrected chi connectivity index (χ0v) is 14.5. The van der Waals surface area contributed by atoms with E-state index in [4.69, 9.17) is 4.74 Å². The van der Waals surface area contributed by atoms with Gasteiger partial charge in [0.1, 0.15) is 17.3 Å². The van der Waals surface area contributed by atoms with E-state index in [-0.39, 0.29) is 18.1 Å². The third-order valence-corrected chi connectivity index (χ3v) is 5.18. The van der Waals surface area contributed by atoms with Crippen molar-refractivity contribution in [3.05, 3.63) is 78.3 Å². The second-order valence-electron chi connectivity index (χ2n) is 5.91. The molecule has 0 bridgehead atoms. The summed E-state index contributed by atoms with van der Waals surface area (Å²) in [5.74, 6) is 1.01. The highest BCUT2D eigenvalue weighted by Crippen LogP contribution is 2.30. The van der Waals surface area contributed by atoms with Crippen LogP contribution in [0.25, 0.3) is 5.57 Å². The van der Waals surface area contributed by atoms with Gasteiger partial charge in [-0.15, -0.1) is 4.40 Å². The minimum absolute atomic E-state index is 0.128. The van der Waals surface area contributed by atoms with E-state index in [2.05, 4.69) is 4.40 Å². The van der Waals surface area contributed by atoms with Crippen LogP contribution in [0.3, 0.4) is 0 Å². The molecule has 2 aliphatic rings. The fraction of sp³-hybridized carbons (Fsp3) is 0.105. The molecule has 7 heteroatoms. The predicted molar refractivity (Wildman–Crippen MR) is 98.1 cm³/mol. The molecule has 2 aliphatic heterocycles. The maximum absolute atomic E-state index is 14.0. The molecule has 0 atom stereocenters. The Balaban J connectivity index is 1.66. The predicted octanol–water partition coefficient (Wildman–Crippen LogP) is 3.73. The van der Waals surface area contributed by atoms with Gasteiger partial charge in [0.25, 0.3) is 10.0 Å². The number of ether oxygens (including phenoxy) is 1. The summed E-state index contributed by atoms with van der Waals surface area (Å²) < 4.78 is 47.2. The van der Waals surface area contributed by atoms with Crippen molar-refractivity contribution < 1.29 is 17.5 Å². The Kier molecular flexibility index (Phi) is 4.08. The van der Waals surface area contributed by atoms with Crippen LogP contribution in [0.4, 0.5) is 4.39 Å². The van der Waals surface area contributed by atoms with Crippen molar-refractivity contribution in [2.45, 2.75) is 0 Å². The summed E-state index contributed by atoms with van der Waals surface area (Å²) in [4.78, 5) is 1.53. The van der Waals surface area contributed by atoms with Crippen LogP contribution < -0.4 is 4.74 Å². The Morgan fingerprint density at radius 2 is 1.69 bits per heavy atom. The normalized spacial score (nSPS) is 18.3. The second-order valence-corrected chi connectivity index (χ2v) is 7.66. The molecule has 0 amide bonds. The summed E-state index contributed by atoms with van der Waals surface area (Å²) in [5.41, 5.74) is 1.09. The number of fused-ring (bicyclic) bond motifs is 1. The van der Waals surface area contributed by atoms with E-state index in [9.17, 15) is 12.8 Å². The lowest BCUT2D eigenvalue weighted by Gasteiger charge is -2.29. The average Bonchev–Trinajstić information content (AvgIpc) is 2.63. The molecule has 0 spiro atoms. The van der Waals surface area contributed by atoms with Gasteiger partial charge >= 0.3 is 0 Å². The fourth-order valence-corrected chi connectivity index (χ4v) is 3.79. The Morgan fingerprint density at radius 1 is 1.00 bits per heavy atom. The molecule has 0 N–H and O–H groups in total. The van der Waals surface area contributed by atoms with Crippen molar-refractivity contribution in [3.8, 4) is 11.5 Å². The number of hydrogen-bond donors (Lipinski definition) is 0. The molecular formula is C19H15FN2O3S. The van der Waals surface area contributed by atoms with Crippen molar-refractivity contribution in [2.24, 2.45) is 4.40 Å². The first-order chi connectivity index (χ1) is 12.5. The smallest absolute Gasteiger partial charge is 0.256 e. The molecule has 26 heavy (non-hydrogen) atoms. The van der Waals surface area contributed by atoms with Gasteiger partial charge in [-0.25, -0.2) is 12.8 Å². The molecule has 0 saturated heterocycles. The molecule has 5 nitrogen and oxygen atoms in total. The van der Waals surface area contributed by atoms with Gasteiger partial charge in [0.15, 0.2) is 5.84 Å². The van der Waals surface area contributed by atoms with Gasteiger partial charge in [0.2, 0.25) is 0 Å². The van der Waals surface area contributed by atoms with Crippen LogP contribution in [0.5, 0.6) is 11.5 Å². The molecule has 2 aromatic carbocycles. The summed E-state index contributed by atoms with van der Waals surface area (Å²) >= 11 is 0. The highest BCUT2D eigenvalue weighted by Gasteiger charge is 2.29. The molecule has 132 valence electrons. The van der Waals surface area contributed by atoms with Gasteiger partial charge in [-0.2, -0.15) is 0 Å². The SMILES string of the molecule is O=S1(=O)CCN2C=C(F)C=C(c3ccc(Oc4ccccc4)cc3)C2=N1. The van der Waals surface area contributed by atoms with Crippen LogP contribution in [-0.4, -0.2) is 31.5 Å². The number of amidine groups is 1. The van der Waals surface area contributed by atoms with Gasteiger partial charge in [-0.3, -0.25) is 0 Å². The standard InChI is InChI=1S/C19H15FN2O3S/c20-15-12-18(19-21-26(23,24)11-10-22(19)13-15)14-6-8-17(9-7-14)25-16-4-2-1-3-5-16/h1-9,12-13H,10-11H2. The second kappa shape index (κ2) is 6.42. The third-order valence-electron chi connectivity index (χ3n) is 4.03. The Labute approximate surface area is 150 Å². The van der Waals surface area contributed by atoms with Crippen molar-refractivity contribution in [3.63, 3.8) is 0 Å². The summed E-state index contributed by atoms with van der Waals surface area (Å²) in [6, 6.07) is 16.4. The first-order valence-electron chi connectivity index (χ1n) is 8.02. The first kappa shape index (κ1) is 16.5. The minimum Gasteiger partial charge on any atom is -0.457 e. The van der Waals surface area contributed by atoms with E-state index in [1.54, 1.807) is 24.3 Å². The number of rotatable bonds is 3. The molecule has 2 heterocycles. The van der Waals surface area contributed by atoms with Crippen LogP contribution in [0, 0.1) is 0 Å². The third kappa shape index (κ3) is 3.39. The number of para-hydroxylation sites is 1. The summed E-state index contributed by atoms with van der Waals surface area (Å²) in [7, 11) is -3.53. The average molecular weight is 370 g/mol. The molecule has 0 unspecified atom stereocenters. The molecule has 0 saturated carbocycles. The van der Waals surface area contributed by atoms with Crippen LogP contribution >= 0.6 is 0 Å². The lowest BCUT2D eigenvalue weighted by atomic mass is 10.0. The number of halogens is 1.